The van der Waals surface area contributed by atoms with Gasteiger partial charge in [0.2, 0.25) is 5.43 Å². The van der Waals surface area contributed by atoms with E-state index >= 15 is 0 Å². The van der Waals surface area contributed by atoms with Crippen molar-refractivity contribution in [2.75, 3.05) is 26.3 Å². The molecule has 0 aliphatic carbocycles. The summed E-state index contributed by atoms with van der Waals surface area (Å²) in [5, 5.41) is 27.8. The van der Waals surface area contributed by atoms with E-state index < -0.39 is 5.43 Å². The summed E-state index contributed by atoms with van der Waals surface area (Å²) >= 11 is 0. The number of aliphatic hydroxyl groups is 2. The zero-order valence-corrected chi connectivity index (χ0v) is 13.4. The van der Waals surface area contributed by atoms with Gasteiger partial charge in [-0.15, -0.1) is 0 Å². The molecule has 22 heavy (non-hydrogen) atoms. The number of aliphatic hydroxyl groups excluding tert-OH is 2. The minimum Gasteiger partial charge on any atom is -0.503 e. The van der Waals surface area contributed by atoms with E-state index in [2.05, 4.69) is 6.92 Å². The predicted octanol–water partition coefficient (Wildman–Crippen LogP) is 0.921. The lowest BCUT2D eigenvalue weighted by atomic mass is 10.2. The van der Waals surface area contributed by atoms with Gasteiger partial charge in [-0.3, -0.25) is 9.69 Å². The van der Waals surface area contributed by atoms with Crippen molar-refractivity contribution in [1.29, 1.82) is 0 Å². The second-order valence-corrected chi connectivity index (χ2v) is 5.49. The molecule has 0 bridgehead atoms. The molecule has 6 nitrogen and oxygen atoms in total. The minimum absolute atomic E-state index is 0.00117. The monoisotopic (exact) mass is 312 g/mol. The highest BCUT2D eigenvalue weighted by molar-refractivity contribution is 5.20. The van der Waals surface area contributed by atoms with Gasteiger partial charge in [-0.2, -0.15) is 0 Å². The summed E-state index contributed by atoms with van der Waals surface area (Å²) in [6.07, 6.45) is 5.91. The zero-order valence-electron chi connectivity index (χ0n) is 13.4. The average Bonchev–Trinajstić information content (AvgIpc) is 2.48. The molecule has 1 aromatic rings. The molecule has 0 spiro atoms. The third-order valence-corrected chi connectivity index (χ3v) is 3.67. The quantitative estimate of drug-likeness (QED) is 0.529. The Morgan fingerprint density at radius 3 is 2.41 bits per heavy atom. The van der Waals surface area contributed by atoms with E-state index in [9.17, 15) is 9.90 Å². The van der Waals surface area contributed by atoms with Crippen LogP contribution in [-0.2, 0) is 13.1 Å². The normalized spacial score (nSPS) is 11.3. The molecule has 0 saturated heterocycles. The average molecular weight is 312 g/mol. The van der Waals surface area contributed by atoms with Crippen molar-refractivity contribution in [3.05, 3.63) is 28.2 Å². The maximum Gasteiger partial charge on any atom is 0.223 e. The van der Waals surface area contributed by atoms with Crippen LogP contribution in [-0.4, -0.2) is 51.1 Å². The Kier molecular flexibility index (Phi) is 8.81. The van der Waals surface area contributed by atoms with Gasteiger partial charge in [0.25, 0.3) is 0 Å². The molecule has 0 fully saturated rings. The number of aromatic hydroxyl groups is 1. The van der Waals surface area contributed by atoms with E-state index in [1.807, 2.05) is 9.47 Å². The SMILES string of the molecule is CCCCCCn1cc(O)c(=O)cc1CN(CCO)CCO. The number of pyridine rings is 1. The Morgan fingerprint density at radius 2 is 1.82 bits per heavy atom. The van der Waals surface area contributed by atoms with Crippen LogP contribution in [0.15, 0.2) is 17.1 Å². The molecule has 0 aromatic carbocycles. The third kappa shape index (κ3) is 6.17. The van der Waals surface area contributed by atoms with Gasteiger partial charge in [-0.25, -0.2) is 0 Å². The van der Waals surface area contributed by atoms with Gasteiger partial charge >= 0.3 is 0 Å². The van der Waals surface area contributed by atoms with Crippen molar-refractivity contribution < 1.29 is 15.3 Å². The summed E-state index contributed by atoms with van der Waals surface area (Å²) < 4.78 is 1.90. The Bertz CT molecular complexity index is 482. The van der Waals surface area contributed by atoms with Crippen LogP contribution in [0.4, 0.5) is 0 Å². The van der Waals surface area contributed by atoms with Gasteiger partial charge in [-0.1, -0.05) is 26.2 Å². The molecule has 6 heteroatoms. The molecule has 3 N–H and O–H groups in total. The van der Waals surface area contributed by atoms with Crippen LogP contribution < -0.4 is 5.43 Å². The van der Waals surface area contributed by atoms with Crippen LogP contribution in [0.1, 0.15) is 38.3 Å². The summed E-state index contributed by atoms with van der Waals surface area (Å²) in [6, 6.07) is 1.44. The third-order valence-electron chi connectivity index (χ3n) is 3.67. The highest BCUT2D eigenvalue weighted by Crippen LogP contribution is 2.11. The second kappa shape index (κ2) is 10.4. The molecule has 1 rings (SSSR count). The molecule has 1 aromatic heterocycles. The highest BCUT2D eigenvalue weighted by atomic mass is 16.3. The van der Waals surface area contributed by atoms with Crippen LogP contribution in [0.25, 0.3) is 0 Å². The summed E-state index contributed by atoms with van der Waals surface area (Å²) in [5.41, 5.74) is 0.397. The van der Waals surface area contributed by atoms with E-state index in [4.69, 9.17) is 10.2 Å². The van der Waals surface area contributed by atoms with Crippen molar-refractivity contribution in [3.8, 4) is 5.75 Å². The highest BCUT2D eigenvalue weighted by Gasteiger charge is 2.10. The lowest BCUT2D eigenvalue weighted by Gasteiger charge is -2.23. The summed E-state index contributed by atoms with van der Waals surface area (Å²) in [7, 11) is 0. The molecule has 126 valence electrons. The zero-order chi connectivity index (χ0) is 16.4. The Labute approximate surface area is 131 Å². The fourth-order valence-electron chi connectivity index (χ4n) is 2.44. The topological polar surface area (TPSA) is 85.9 Å². The molecule has 1 heterocycles. The van der Waals surface area contributed by atoms with Crippen molar-refractivity contribution in [3.63, 3.8) is 0 Å². The van der Waals surface area contributed by atoms with Crippen LogP contribution in [0.2, 0.25) is 0 Å². The van der Waals surface area contributed by atoms with E-state index in [1.54, 1.807) is 0 Å². The van der Waals surface area contributed by atoms with Gasteiger partial charge in [-0.05, 0) is 6.42 Å². The summed E-state index contributed by atoms with van der Waals surface area (Å²) in [5.74, 6) is -0.241. The molecular weight excluding hydrogens is 284 g/mol. The first-order valence-electron chi connectivity index (χ1n) is 7.98. The number of nitrogens with zero attached hydrogens (tertiary/aromatic N) is 2. The number of hydrogen-bond donors (Lipinski definition) is 3. The first-order chi connectivity index (χ1) is 10.6. The lowest BCUT2D eigenvalue weighted by Crippen LogP contribution is -2.31. The van der Waals surface area contributed by atoms with Crippen LogP contribution in [0.5, 0.6) is 5.75 Å². The fourth-order valence-corrected chi connectivity index (χ4v) is 2.44. The Balaban J connectivity index is 2.84. The smallest absolute Gasteiger partial charge is 0.223 e. The van der Waals surface area contributed by atoms with Crippen molar-refractivity contribution in [1.82, 2.24) is 9.47 Å². The summed E-state index contributed by atoms with van der Waals surface area (Å²) in [6.45, 7) is 4.23. The number of aryl methyl sites for hydroxylation is 1. The Hall–Kier alpha value is -1.37. The van der Waals surface area contributed by atoms with Gasteiger partial charge in [0, 0.05) is 37.9 Å². The molecule has 0 aliphatic heterocycles. The van der Waals surface area contributed by atoms with Crippen molar-refractivity contribution >= 4 is 0 Å². The van der Waals surface area contributed by atoms with Crippen molar-refractivity contribution in [2.24, 2.45) is 0 Å². The van der Waals surface area contributed by atoms with Gasteiger partial charge < -0.3 is 19.9 Å². The molecule has 0 atom stereocenters. The van der Waals surface area contributed by atoms with Crippen LogP contribution in [0.3, 0.4) is 0 Å². The fraction of sp³-hybridized carbons (Fsp3) is 0.688. The molecular formula is C16H28N2O4. The number of unbranched alkanes of at least 4 members (excludes halogenated alkanes) is 3. The molecule has 0 radical (unpaired) electrons. The molecule has 0 unspecified atom stereocenters. The van der Waals surface area contributed by atoms with Crippen LogP contribution >= 0.6 is 0 Å². The van der Waals surface area contributed by atoms with Gasteiger partial charge in [0.15, 0.2) is 5.75 Å². The van der Waals surface area contributed by atoms with E-state index in [1.165, 1.54) is 18.7 Å². The maximum atomic E-state index is 11.7. The first-order valence-corrected chi connectivity index (χ1v) is 7.98. The van der Waals surface area contributed by atoms with Gasteiger partial charge in [0.05, 0.1) is 19.4 Å². The Morgan fingerprint density at radius 1 is 1.14 bits per heavy atom. The summed E-state index contributed by atoms with van der Waals surface area (Å²) in [4.78, 5) is 13.6. The standard InChI is InChI=1S/C16H28N2O4/c1-2-3-4-5-6-18-13-16(22)15(21)11-14(18)12-17(7-9-19)8-10-20/h11,13,19-20,22H,2-10,12H2,1H3. The first kappa shape index (κ1) is 18.7. The van der Waals surface area contributed by atoms with E-state index in [0.717, 1.165) is 31.5 Å². The predicted molar refractivity (Wildman–Crippen MR) is 86.0 cm³/mol. The van der Waals surface area contributed by atoms with E-state index in [0.29, 0.717) is 19.6 Å². The molecule has 0 saturated carbocycles. The maximum absolute atomic E-state index is 11.7. The van der Waals surface area contributed by atoms with E-state index in [-0.39, 0.29) is 19.0 Å². The van der Waals surface area contributed by atoms with Crippen molar-refractivity contribution in [2.45, 2.75) is 45.7 Å². The molecule has 0 amide bonds. The minimum atomic E-state index is -0.396. The van der Waals surface area contributed by atoms with Crippen LogP contribution in [0, 0.1) is 0 Å². The number of aromatic nitrogens is 1. The molecule has 0 aliphatic rings. The number of hydrogen-bond acceptors (Lipinski definition) is 5. The largest absolute Gasteiger partial charge is 0.503 e. The lowest BCUT2D eigenvalue weighted by molar-refractivity contribution is 0.153. The van der Waals surface area contributed by atoms with Gasteiger partial charge in [0.1, 0.15) is 0 Å². The second-order valence-electron chi connectivity index (χ2n) is 5.49. The number of rotatable bonds is 11.